The Morgan fingerprint density at radius 1 is 1.07 bits per heavy atom. The van der Waals surface area contributed by atoms with Crippen LogP contribution in [0, 0.1) is 6.92 Å². The molecule has 2 aromatic carbocycles. The Labute approximate surface area is 235 Å². The SMILES string of the molecule is COc1cc(C)c2c(Oc3cccc(C(F)(F)F)c3)c(OC)cc(N[C@H](C)CCCN)c2n1.O=C(O)CCC(=O)O. The second kappa shape index (κ2) is 14.9. The minimum Gasteiger partial charge on any atom is -0.493 e. The minimum absolute atomic E-state index is 0.0386. The Hall–Kier alpha value is -4.26. The van der Waals surface area contributed by atoms with Crippen LogP contribution in [0.5, 0.6) is 23.1 Å². The predicted molar refractivity (Wildman–Crippen MR) is 147 cm³/mol. The van der Waals surface area contributed by atoms with Gasteiger partial charge in [-0.3, -0.25) is 9.59 Å². The normalized spacial score (nSPS) is 11.7. The van der Waals surface area contributed by atoms with Crippen molar-refractivity contribution in [3.8, 4) is 23.1 Å². The van der Waals surface area contributed by atoms with E-state index in [-0.39, 0.29) is 30.4 Å². The lowest BCUT2D eigenvalue weighted by Crippen LogP contribution is -2.17. The molecule has 0 saturated carbocycles. The van der Waals surface area contributed by atoms with Gasteiger partial charge in [-0.15, -0.1) is 0 Å². The van der Waals surface area contributed by atoms with Crippen LogP contribution in [0.3, 0.4) is 0 Å². The third-order valence-corrected chi connectivity index (χ3v) is 5.78. The van der Waals surface area contributed by atoms with Crippen molar-refractivity contribution in [2.75, 3.05) is 26.1 Å². The molecule has 1 atom stereocenters. The molecule has 0 aliphatic heterocycles. The highest BCUT2D eigenvalue weighted by molar-refractivity contribution is 6.00. The summed E-state index contributed by atoms with van der Waals surface area (Å²) in [5.41, 5.74) is 6.87. The van der Waals surface area contributed by atoms with Gasteiger partial charge in [-0.1, -0.05) is 6.07 Å². The maximum absolute atomic E-state index is 13.2. The molecule has 5 N–H and O–H groups in total. The van der Waals surface area contributed by atoms with Gasteiger partial charge in [0.1, 0.15) is 11.3 Å². The van der Waals surface area contributed by atoms with Crippen molar-refractivity contribution in [2.45, 2.75) is 51.7 Å². The Bertz CT molecular complexity index is 1340. The molecule has 0 bridgehead atoms. The lowest BCUT2D eigenvalue weighted by molar-refractivity contribution is -0.143. The number of carboxylic acid groups (broad SMARTS) is 2. The number of nitrogens with zero attached hydrogens (tertiary/aromatic N) is 1. The number of alkyl halides is 3. The van der Waals surface area contributed by atoms with E-state index in [9.17, 15) is 22.8 Å². The largest absolute Gasteiger partial charge is 0.493 e. The fourth-order valence-corrected chi connectivity index (χ4v) is 3.81. The molecule has 0 unspecified atom stereocenters. The smallest absolute Gasteiger partial charge is 0.416 e. The number of aromatic nitrogens is 1. The summed E-state index contributed by atoms with van der Waals surface area (Å²) in [4.78, 5) is 23.9. The first-order valence-corrected chi connectivity index (χ1v) is 12.6. The monoisotopic (exact) mass is 581 g/mol. The van der Waals surface area contributed by atoms with Crippen molar-refractivity contribution in [3.63, 3.8) is 0 Å². The lowest BCUT2D eigenvalue weighted by atomic mass is 10.1. The predicted octanol–water partition coefficient (Wildman–Crippen LogP) is 5.85. The van der Waals surface area contributed by atoms with E-state index in [1.165, 1.54) is 26.4 Å². The summed E-state index contributed by atoms with van der Waals surface area (Å²) in [5, 5.41) is 19.8. The number of methoxy groups -OCH3 is 2. The second-order valence-electron chi connectivity index (χ2n) is 9.05. The van der Waals surface area contributed by atoms with Crippen LogP contribution in [0.1, 0.15) is 43.7 Å². The summed E-state index contributed by atoms with van der Waals surface area (Å²) in [6, 6.07) is 8.29. The van der Waals surface area contributed by atoms with Gasteiger partial charge in [0.2, 0.25) is 5.88 Å². The molecule has 0 spiro atoms. The molecule has 10 nitrogen and oxygen atoms in total. The first-order valence-electron chi connectivity index (χ1n) is 12.6. The Kier molecular flexibility index (Phi) is 12.0. The van der Waals surface area contributed by atoms with Crippen LogP contribution < -0.4 is 25.3 Å². The quantitative estimate of drug-likeness (QED) is 0.205. The van der Waals surface area contributed by atoms with Gasteiger partial charge in [0, 0.05) is 18.2 Å². The number of pyridine rings is 1. The molecule has 0 radical (unpaired) electrons. The number of fused-ring (bicyclic) bond motifs is 1. The number of rotatable bonds is 12. The van der Waals surface area contributed by atoms with Crippen molar-refractivity contribution >= 4 is 28.5 Å². The van der Waals surface area contributed by atoms with Crippen LogP contribution in [0.25, 0.3) is 10.9 Å². The molecule has 0 saturated heterocycles. The van der Waals surface area contributed by atoms with Gasteiger partial charge >= 0.3 is 18.1 Å². The van der Waals surface area contributed by atoms with Crippen LogP contribution in [-0.2, 0) is 15.8 Å². The standard InChI is InChI=1S/C24H28F3N3O3.C4H6O4/c1-14-11-20(32-4)30-22-18(29-15(2)7-6-10-28)13-19(31-3)23(21(14)22)33-17-9-5-8-16(12-17)24(25,26)27;5-3(6)1-2-4(7)8/h5,8-9,11-13,15,29H,6-7,10,28H2,1-4H3;1-2H2,(H,5,6)(H,7,8)/t15-;/m1./s1. The molecule has 1 heterocycles. The first kappa shape index (κ1) is 32.9. The van der Waals surface area contributed by atoms with E-state index < -0.39 is 23.7 Å². The Morgan fingerprint density at radius 3 is 2.27 bits per heavy atom. The van der Waals surface area contributed by atoms with Crippen LogP contribution >= 0.6 is 0 Å². The summed E-state index contributed by atoms with van der Waals surface area (Å²) in [5.74, 6) is -1.06. The number of anilines is 1. The van der Waals surface area contributed by atoms with E-state index in [2.05, 4.69) is 10.3 Å². The molecule has 3 aromatic rings. The number of halogens is 3. The van der Waals surface area contributed by atoms with Gasteiger partial charge in [0.25, 0.3) is 0 Å². The Morgan fingerprint density at radius 2 is 1.73 bits per heavy atom. The summed E-state index contributed by atoms with van der Waals surface area (Å²) in [6.45, 7) is 4.48. The van der Waals surface area contributed by atoms with Crippen molar-refractivity contribution in [3.05, 3.63) is 47.5 Å². The topological polar surface area (TPSA) is 153 Å². The fourth-order valence-electron chi connectivity index (χ4n) is 3.81. The number of aryl methyl sites for hydroxylation is 1. The highest BCUT2D eigenvalue weighted by atomic mass is 19.4. The summed E-state index contributed by atoms with van der Waals surface area (Å²) in [7, 11) is 3.00. The number of nitrogens with one attached hydrogen (secondary N) is 1. The van der Waals surface area contributed by atoms with Gasteiger partial charge in [0.05, 0.1) is 43.7 Å². The molecular weight excluding hydrogens is 547 g/mol. The van der Waals surface area contributed by atoms with E-state index in [1.807, 2.05) is 13.8 Å². The third kappa shape index (κ3) is 9.71. The number of benzene rings is 2. The van der Waals surface area contributed by atoms with E-state index in [1.54, 1.807) is 12.1 Å². The average molecular weight is 582 g/mol. The fraction of sp³-hybridized carbons (Fsp3) is 0.393. The number of aliphatic carboxylic acids is 2. The molecule has 0 aliphatic rings. The van der Waals surface area contributed by atoms with Gasteiger partial charge in [0.15, 0.2) is 11.5 Å². The average Bonchev–Trinajstić information content (AvgIpc) is 2.91. The van der Waals surface area contributed by atoms with Crippen LogP contribution in [-0.4, -0.2) is 53.9 Å². The maximum Gasteiger partial charge on any atom is 0.416 e. The number of carbonyl (C=O) groups is 2. The molecule has 1 aromatic heterocycles. The minimum atomic E-state index is -4.48. The van der Waals surface area contributed by atoms with Gasteiger partial charge < -0.3 is 35.5 Å². The molecule has 41 heavy (non-hydrogen) atoms. The lowest BCUT2D eigenvalue weighted by Gasteiger charge is -2.21. The molecule has 0 aliphatic carbocycles. The van der Waals surface area contributed by atoms with Crippen molar-refractivity contribution in [2.24, 2.45) is 5.73 Å². The van der Waals surface area contributed by atoms with Crippen molar-refractivity contribution < 1.29 is 47.2 Å². The molecule has 3 rings (SSSR count). The van der Waals surface area contributed by atoms with E-state index in [0.717, 1.165) is 30.5 Å². The number of hydrogen-bond donors (Lipinski definition) is 4. The van der Waals surface area contributed by atoms with Crippen molar-refractivity contribution in [1.29, 1.82) is 0 Å². The van der Waals surface area contributed by atoms with Crippen LogP contribution in [0.2, 0.25) is 0 Å². The number of hydrogen-bond acceptors (Lipinski definition) is 8. The van der Waals surface area contributed by atoms with Gasteiger partial charge in [-0.2, -0.15) is 13.2 Å². The first-order chi connectivity index (χ1) is 19.3. The van der Waals surface area contributed by atoms with Crippen molar-refractivity contribution in [1.82, 2.24) is 4.98 Å². The Balaban J connectivity index is 0.000000642. The highest BCUT2D eigenvalue weighted by Crippen LogP contribution is 2.45. The maximum atomic E-state index is 13.2. The van der Waals surface area contributed by atoms with E-state index in [4.69, 9.17) is 30.2 Å². The van der Waals surface area contributed by atoms with Crippen LogP contribution in [0.15, 0.2) is 36.4 Å². The number of nitrogens with two attached hydrogens (primary N) is 1. The highest BCUT2D eigenvalue weighted by Gasteiger charge is 2.31. The summed E-state index contributed by atoms with van der Waals surface area (Å²) in [6.07, 6.45) is -3.37. The molecular formula is C28H34F3N3O7. The summed E-state index contributed by atoms with van der Waals surface area (Å²) >= 11 is 0. The zero-order valence-electron chi connectivity index (χ0n) is 23.2. The van der Waals surface area contributed by atoms with Gasteiger partial charge in [-0.25, -0.2) is 4.98 Å². The summed E-state index contributed by atoms with van der Waals surface area (Å²) < 4.78 is 56.5. The zero-order chi connectivity index (χ0) is 30.7. The second-order valence-corrected chi connectivity index (χ2v) is 9.05. The van der Waals surface area contributed by atoms with E-state index in [0.29, 0.717) is 34.8 Å². The van der Waals surface area contributed by atoms with Crippen LogP contribution in [0.4, 0.5) is 18.9 Å². The molecule has 0 fully saturated rings. The molecule has 224 valence electrons. The number of carboxylic acids is 2. The molecule has 13 heteroatoms. The zero-order valence-corrected chi connectivity index (χ0v) is 23.2. The third-order valence-electron chi connectivity index (χ3n) is 5.78. The van der Waals surface area contributed by atoms with Gasteiger partial charge in [-0.05, 0) is 57.0 Å². The molecule has 0 amide bonds. The number of ether oxygens (including phenoxy) is 3. The van der Waals surface area contributed by atoms with E-state index >= 15 is 0 Å².